The van der Waals surface area contributed by atoms with Crippen LogP contribution in [0, 0.1) is 12.7 Å². The van der Waals surface area contributed by atoms with Gasteiger partial charge in [-0.3, -0.25) is 9.88 Å². The van der Waals surface area contributed by atoms with Gasteiger partial charge in [-0.2, -0.15) is 9.97 Å². The molecule has 0 radical (unpaired) electrons. The van der Waals surface area contributed by atoms with Crippen LogP contribution in [0.15, 0.2) is 54.7 Å². The van der Waals surface area contributed by atoms with E-state index in [0.717, 1.165) is 31.4 Å². The van der Waals surface area contributed by atoms with Crippen molar-refractivity contribution in [2.24, 2.45) is 0 Å². The number of halogens is 3. The fraction of sp³-hybridized carbons (Fsp3) is 0.419. The number of hydrogen-bond acceptors (Lipinski definition) is 10. The van der Waals surface area contributed by atoms with E-state index in [1.807, 2.05) is 30.0 Å². The fourth-order valence-electron chi connectivity index (χ4n) is 9.38. The Kier molecular flexibility index (Phi) is 9.63. The smallest absolute Gasteiger partial charge is 0.407 e. The fourth-order valence-corrected chi connectivity index (χ4v) is 9.67. The van der Waals surface area contributed by atoms with E-state index in [9.17, 15) is 14.0 Å². The summed E-state index contributed by atoms with van der Waals surface area (Å²) in [6.07, 6.45) is 4.61. The second-order valence-corrected chi connectivity index (χ2v) is 16.5. The Morgan fingerprint density at radius 1 is 1.11 bits per heavy atom. The molecule has 0 aliphatic carbocycles. The summed E-state index contributed by atoms with van der Waals surface area (Å²) in [6, 6.07) is 14.2. The van der Waals surface area contributed by atoms with Gasteiger partial charge in [0.2, 0.25) is 0 Å². The molecule has 57 heavy (non-hydrogen) atoms. The lowest BCUT2D eigenvalue weighted by Gasteiger charge is -2.41. The minimum absolute atomic E-state index is 0.0000998. The number of alkyl halides is 1. The number of nitrogens with one attached hydrogen (secondary N) is 1. The van der Waals surface area contributed by atoms with Gasteiger partial charge in [0.05, 0.1) is 33.7 Å². The first-order valence-corrected chi connectivity index (χ1v) is 20.0. The van der Waals surface area contributed by atoms with Crippen molar-refractivity contribution in [3.05, 3.63) is 82.3 Å². The number of carbonyl (C=O) groups is 2. The van der Waals surface area contributed by atoms with Crippen molar-refractivity contribution < 1.29 is 32.6 Å². The molecule has 296 valence electrons. The maximum Gasteiger partial charge on any atom is 0.407 e. The standard InChI is InChI=1S/C43H43ClF2N6O5/c1-25-8-3-12-32(44)33(25)39(53)57-29-18-27-10-4-9-26-11-5-17-55-41(54)50-42(2)13-6-15-51(23-42)38-31-21-47-36(30(19-29)34(26)27)35(46)37(31)48-40(49-38)56-24-43-14-7-16-52(43)22-28(45)20-43/h3-4,8-10,12,18-19,21,28H,5-7,11,13-17,20,22-24H2,1-2H3,(H,50,54)/t28-,42-,43+/m1/s1. The highest BCUT2D eigenvalue weighted by Crippen LogP contribution is 2.42. The van der Waals surface area contributed by atoms with Crippen LogP contribution in [0.5, 0.6) is 11.8 Å². The van der Waals surface area contributed by atoms with E-state index in [2.05, 4.69) is 10.2 Å². The summed E-state index contributed by atoms with van der Waals surface area (Å²) in [4.78, 5) is 45.2. The molecule has 11 nitrogen and oxygen atoms in total. The zero-order valence-electron chi connectivity index (χ0n) is 31.9. The Hall–Kier alpha value is -5.14. The third kappa shape index (κ3) is 6.98. The highest BCUT2D eigenvalue weighted by Gasteiger charge is 2.49. The second-order valence-electron chi connectivity index (χ2n) is 16.1. The van der Waals surface area contributed by atoms with Crippen LogP contribution in [0.1, 0.15) is 66.9 Å². The second kappa shape index (κ2) is 14.7. The van der Waals surface area contributed by atoms with E-state index in [4.69, 9.17) is 40.8 Å². The predicted molar refractivity (Wildman–Crippen MR) is 213 cm³/mol. The Morgan fingerprint density at radius 3 is 2.81 bits per heavy atom. The third-order valence-corrected chi connectivity index (χ3v) is 12.3. The average molecular weight is 797 g/mol. The number of piperidine rings is 1. The topological polar surface area (TPSA) is 119 Å². The van der Waals surface area contributed by atoms with Crippen LogP contribution in [0.2, 0.25) is 5.02 Å². The highest BCUT2D eigenvalue weighted by molar-refractivity contribution is 6.33. The number of nitrogens with zero attached hydrogens (tertiary/aromatic N) is 5. The Labute approximate surface area is 333 Å². The number of hydrogen-bond donors (Lipinski definition) is 1. The van der Waals surface area contributed by atoms with Gasteiger partial charge in [0.15, 0.2) is 5.82 Å². The number of benzene rings is 3. The van der Waals surface area contributed by atoms with Crippen molar-refractivity contribution in [1.29, 1.82) is 0 Å². The number of amides is 1. The summed E-state index contributed by atoms with van der Waals surface area (Å²) < 4.78 is 50.3. The maximum absolute atomic E-state index is 17.6. The van der Waals surface area contributed by atoms with Crippen LogP contribution >= 0.6 is 11.6 Å². The molecule has 0 spiro atoms. The molecule has 2 aromatic heterocycles. The quantitative estimate of drug-likeness (QED) is 0.138. The van der Waals surface area contributed by atoms with E-state index < -0.39 is 35.1 Å². The first kappa shape index (κ1) is 37.4. The normalized spacial score (nSPS) is 23.7. The SMILES string of the molecule is Cc1cccc(Cl)c1C(=O)Oc1cc2c3c(cccc3c1)CCCOC(=O)N[C@]1(C)CCCN(C1)c1nc(OC[C@@]34CCCN3C[C@H](F)C4)nc3c(F)c-2ncc13. The molecule has 6 bridgehead atoms. The van der Waals surface area contributed by atoms with Crippen LogP contribution in [0.3, 0.4) is 0 Å². The molecule has 1 amide bonds. The summed E-state index contributed by atoms with van der Waals surface area (Å²) in [5.41, 5.74) is 0.984. The monoisotopic (exact) mass is 796 g/mol. The lowest BCUT2D eigenvalue weighted by molar-refractivity contribution is 0.0734. The summed E-state index contributed by atoms with van der Waals surface area (Å²) in [7, 11) is 0. The molecule has 3 atom stereocenters. The largest absolute Gasteiger partial charge is 0.461 e. The zero-order valence-corrected chi connectivity index (χ0v) is 32.6. The Morgan fingerprint density at radius 2 is 1.95 bits per heavy atom. The van der Waals surface area contributed by atoms with Gasteiger partial charge in [-0.15, -0.1) is 0 Å². The van der Waals surface area contributed by atoms with Gasteiger partial charge >= 0.3 is 18.1 Å². The van der Waals surface area contributed by atoms with Crippen LogP contribution in [0.25, 0.3) is 32.9 Å². The zero-order chi connectivity index (χ0) is 39.5. The molecule has 10 rings (SSSR count). The summed E-state index contributed by atoms with van der Waals surface area (Å²) in [6.45, 7) is 6.16. The molecule has 7 heterocycles. The number of alkyl carbamates (subject to hydrolysis) is 1. The number of fused-ring (bicyclic) bond motifs is 7. The third-order valence-electron chi connectivity index (χ3n) is 12.0. The first-order valence-electron chi connectivity index (χ1n) is 19.6. The minimum Gasteiger partial charge on any atom is -0.461 e. The van der Waals surface area contributed by atoms with E-state index in [-0.39, 0.29) is 46.8 Å². The average Bonchev–Trinajstić information content (AvgIpc) is 3.70. The van der Waals surface area contributed by atoms with Gasteiger partial charge in [-0.25, -0.2) is 18.4 Å². The highest BCUT2D eigenvalue weighted by atomic mass is 35.5. The molecule has 1 N–H and O–H groups in total. The maximum atomic E-state index is 17.6. The number of rotatable bonds is 5. The van der Waals surface area contributed by atoms with Crippen LogP contribution in [-0.4, -0.2) is 88.6 Å². The van der Waals surface area contributed by atoms with Crippen LogP contribution in [0.4, 0.5) is 19.4 Å². The Balaban J connectivity index is 1.21. The molecule has 3 saturated heterocycles. The van der Waals surface area contributed by atoms with E-state index in [1.54, 1.807) is 43.5 Å². The molecule has 3 aromatic carbocycles. The van der Waals surface area contributed by atoms with Crippen molar-refractivity contribution in [2.75, 3.05) is 44.3 Å². The van der Waals surface area contributed by atoms with Gasteiger partial charge in [0.1, 0.15) is 35.6 Å². The van der Waals surface area contributed by atoms with Crippen molar-refractivity contribution in [3.8, 4) is 23.0 Å². The summed E-state index contributed by atoms with van der Waals surface area (Å²) >= 11 is 6.43. The molecule has 5 aromatic rings. The molecule has 14 heteroatoms. The number of aryl methyl sites for hydroxylation is 2. The molecular weight excluding hydrogens is 754 g/mol. The summed E-state index contributed by atoms with van der Waals surface area (Å²) in [5, 5.41) is 5.09. The van der Waals surface area contributed by atoms with Gasteiger partial charge in [-0.05, 0) is 99.0 Å². The lowest BCUT2D eigenvalue weighted by atomic mass is 9.91. The number of aromatic nitrogens is 3. The number of pyridine rings is 1. The predicted octanol–water partition coefficient (Wildman–Crippen LogP) is 8.15. The van der Waals surface area contributed by atoms with Crippen LogP contribution in [-0.2, 0) is 11.2 Å². The van der Waals surface area contributed by atoms with Crippen LogP contribution < -0.4 is 19.7 Å². The number of ether oxygens (including phenoxy) is 3. The van der Waals surface area contributed by atoms with Crippen molar-refractivity contribution in [3.63, 3.8) is 0 Å². The van der Waals surface area contributed by atoms with Gasteiger partial charge in [-0.1, -0.05) is 41.9 Å². The Bertz CT molecular complexity index is 2420. The lowest BCUT2D eigenvalue weighted by Crippen LogP contribution is -2.57. The number of esters is 1. The van der Waals surface area contributed by atoms with E-state index in [1.165, 1.54) is 0 Å². The van der Waals surface area contributed by atoms with Crippen molar-refractivity contribution in [2.45, 2.75) is 76.0 Å². The van der Waals surface area contributed by atoms with Gasteiger partial charge < -0.3 is 24.4 Å². The van der Waals surface area contributed by atoms with Gasteiger partial charge in [0, 0.05) is 37.8 Å². The molecule has 0 unspecified atom stereocenters. The number of carbonyl (C=O) groups excluding carboxylic acids is 2. The molecular formula is C43H43ClF2N6O5. The number of anilines is 1. The van der Waals surface area contributed by atoms with Crippen molar-refractivity contribution in [1.82, 2.24) is 25.2 Å². The van der Waals surface area contributed by atoms with Gasteiger partial charge in [0.25, 0.3) is 0 Å². The first-order chi connectivity index (χ1) is 27.5. The molecule has 0 saturated carbocycles. The van der Waals surface area contributed by atoms with E-state index in [0.29, 0.717) is 78.4 Å². The molecule has 3 fully saturated rings. The van der Waals surface area contributed by atoms with E-state index >= 15 is 4.39 Å². The van der Waals surface area contributed by atoms with Crippen molar-refractivity contribution >= 4 is 51.2 Å². The minimum atomic E-state index is -0.947. The summed E-state index contributed by atoms with van der Waals surface area (Å²) in [5.74, 6) is -0.762. The molecule has 5 aliphatic heterocycles. The molecule has 5 aliphatic rings.